The number of carbonyl (C=O) groups is 2. The van der Waals surface area contributed by atoms with Crippen molar-refractivity contribution in [2.75, 3.05) is 44.2 Å². The molecule has 1 N–H and O–H groups in total. The molecule has 7 nitrogen and oxygen atoms in total. The second-order valence-electron chi connectivity index (χ2n) is 7.55. The average molecular weight is 375 g/mol. The van der Waals surface area contributed by atoms with Crippen LogP contribution in [0.2, 0.25) is 0 Å². The zero-order valence-corrected chi connectivity index (χ0v) is 16.1. The number of rotatable bonds is 4. The fraction of sp³-hybridized carbons (Fsp3) is 0.600. The number of hydrogen-bond donors (Lipinski definition) is 1. The van der Waals surface area contributed by atoms with E-state index >= 15 is 0 Å². The highest BCUT2D eigenvalue weighted by Crippen LogP contribution is 2.31. The van der Waals surface area contributed by atoms with E-state index in [2.05, 4.69) is 4.90 Å². The second-order valence-corrected chi connectivity index (χ2v) is 7.55. The van der Waals surface area contributed by atoms with E-state index in [1.54, 1.807) is 0 Å². The number of carbonyl (C=O) groups excluding carboxylic acids is 1. The van der Waals surface area contributed by atoms with Crippen molar-refractivity contribution >= 4 is 17.7 Å². The van der Waals surface area contributed by atoms with Crippen LogP contribution >= 0.6 is 0 Å². The topological polar surface area (TPSA) is 73.3 Å². The number of nitrogens with zero attached hydrogens (tertiary/aromatic N) is 3. The molecule has 2 fully saturated rings. The molecule has 1 aromatic rings. The molecule has 27 heavy (non-hydrogen) atoms. The van der Waals surface area contributed by atoms with E-state index in [9.17, 15) is 9.59 Å². The lowest BCUT2D eigenvalue weighted by Crippen LogP contribution is -2.48. The van der Waals surface area contributed by atoms with Gasteiger partial charge in [0.25, 0.3) is 0 Å². The molecule has 3 rings (SSSR count). The van der Waals surface area contributed by atoms with E-state index in [0.29, 0.717) is 32.7 Å². The smallest absolute Gasteiger partial charge is 0.407 e. The highest BCUT2D eigenvalue weighted by Gasteiger charge is 2.28. The van der Waals surface area contributed by atoms with Crippen molar-refractivity contribution < 1.29 is 19.4 Å². The van der Waals surface area contributed by atoms with E-state index < -0.39 is 6.09 Å². The van der Waals surface area contributed by atoms with Crippen LogP contribution in [-0.4, -0.2) is 72.3 Å². The Morgan fingerprint density at radius 1 is 1.07 bits per heavy atom. The summed E-state index contributed by atoms with van der Waals surface area (Å²) in [5.74, 6) is 0.994. The second kappa shape index (κ2) is 8.50. The minimum Gasteiger partial charge on any atom is -0.486 e. The third-order valence-electron chi connectivity index (χ3n) is 5.23. The van der Waals surface area contributed by atoms with Crippen molar-refractivity contribution in [2.45, 2.75) is 32.8 Å². The van der Waals surface area contributed by atoms with Crippen LogP contribution in [0.1, 0.15) is 26.7 Å². The summed E-state index contributed by atoms with van der Waals surface area (Å²) in [6.07, 6.45) is 1.00. The first-order valence-corrected chi connectivity index (χ1v) is 9.73. The average Bonchev–Trinajstić information content (AvgIpc) is 2.68. The summed E-state index contributed by atoms with van der Waals surface area (Å²) in [7, 11) is 0. The summed E-state index contributed by atoms with van der Waals surface area (Å²) in [5.41, 5.74) is 0.995. The zero-order chi connectivity index (χ0) is 19.4. The van der Waals surface area contributed by atoms with Gasteiger partial charge in [-0.3, -0.25) is 4.79 Å². The van der Waals surface area contributed by atoms with Gasteiger partial charge in [-0.25, -0.2) is 4.79 Å². The maximum atomic E-state index is 12.3. The molecule has 148 valence electrons. The van der Waals surface area contributed by atoms with Gasteiger partial charge in [0.15, 0.2) is 0 Å². The largest absolute Gasteiger partial charge is 0.486 e. The van der Waals surface area contributed by atoms with Crippen molar-refractivity contribution in [1.82, 2.24) is 9.80 Å². The highest BCUT2D eigenvalue weighted by molar-refractivity contribution is 5.78. The number of ether oxygens (including phenoxy) is 1. The van der Waals surface area contributed by atoms with Crippen LogP contribution in [0.25, 0.3) is 0 Å². The molecular weight excluding hydrogens is 346 g/mol. The number of carboxylic acid groups (broad SMARTS) is 1. The Balaban J connectivity index is 1.66. The molecule has 0 bridgehead atoms. The summed E-state index contributed by atoms with van der Waals surface area (Å²) >= 11 is 0. The lowest BCUT2D eigenvalue weighted by Gasteiger charge is -2.37. The first-order valence-electron chi connectivity index (χ1n) is 9.73. The molecule has 2 heterocycles. The van der Waals surface area contributed by atoms with Gasteiger partial charge in [-0.1, -0.05) is 26.0 Å². The molecule has 0 saturated carbocycles. The highest BCUT2D eigenvalue weighted by atomic mass is 16.5. The summed E-state index contributed by atoms with van der Waals surface area (Å²) in [6, 6.07) is 7.90. The number of likely N-dealkylation sites (tertiary alicyclic amines) is 1. The van der Waals surface area contributed by atoms with Crippen LogP contribution in [0, 0.1) is 5.92 Å². The third kappa shape index (κ3) is 4.64. The van der Waals surface area contributed by atoms with E-state index in [1.807, 2.05) is 43.0 Å². The fourth-order valence-electron chi connectivity index (χ4n) is 3.74. The first kappa shape index (κ1) is 19.3. The normalized spacial score (nSPS) is 20.7. The monoisotopic (exact) mass is 375 g/mol. The molecule has 2 aliphatic rings. The molecule has 2 saturated heterocycles. The van der Waals surface area contributed by atoms with Gasteiger partial charge in [0.2, 0.25) is 5.91 Å². The van der Waals surface area contributed by atoms with Crippen LogP contribution in [0.5, 0.6) is 5.75 Å². The summed E-state index contributed by atoms with van der Waals surface area (Å²) in [5, 5.41) is 9.13. The van der Waals surface area contributed by atoms with Gasteiger partial charge in [0, 0.05) is 38.6 Å². The predicted octanol–water partition coefficient (Wildman–Crippen LogP) is 2.51. The summed E-state index contributed by atoms with van der Waals surface area (Å²) in [4.78, 5) is 28.9. The number of benzene rings is 1. The Morgan fingerprint density at radius 2 is 1.78 bits per heavy atom. The standard InChI is InChI=1S/C20H29N3O4/c1-15(2)19(24)23-9-5-6-16(14-23)27-18-8-4-3-7-17(18)21-10-12-22(13-11-21)20(25)26/h3-4,7-8,15-16H,5-6,9-14H2,1-2H3,(H,25,26). The van der Waals surface area contributed by atoms with Gasteiger partial charge in [-0.05, 0) is 25.0 Å². The molecule has 0 radical (unpaired) electrons. The molecular formula is C20H29N3O4. The van der Waals surface area contributed by atoms with Gasteiger partial charge in [-0.2, -0.15) is 0 Å². The van der Waals surface area contributed by atoms with Gasteiger partial charge in [-0.15, -0.1) is 0 Å². The first-order chi connectivity index (χ1) is 13.0. The Kier molecular flexibility index (Phi) is 6.08. The van der Waals surface area contributed by atoms with E-state index in [1.165, 1.54) is 4.90 Å². The zero-order valence-electron chi connectivity index (χ0n) is 16.1. The maximum Gasteiger partial charge on any atom is 0.407 e. The lowest BCUT2D eigenvalue weighted by molar-refractivity contribution is -0.137. The van der Waals surface area contributed by atoms with Crippen molar-refractivity contribution in [3.05, 3.63) is 24.3 Å². The Bertz CT molecular complexity index is 671. The van der Waals surface area contributed by atoms with Gasteiger partial charge >= 0.3 is 6.09 Å². The van der Waals surface area contributed by atoms with Gasteiger partial charge in [0.1, 0.15) is 11.9 Å². The molecule has 1 atom stereocenters. The van der Waals surface area contributed by atoms with Crippen LogP contribution in [0.4, 0.5) is 10.5 Å². The number of anilines is 1. The summed E-state index contributed by atoms with van der Waals surface area (Å²) < 4.78 is 6.31. The van der Waals surface area contributed by atoms with E-state index in [-0.39, 0.29) is 17.9 Å². The Morgan fingerprint density at radius 3 is 2.44 bits per heavy atom. The van der Waals surface area contributed by atoms with Gasteiger partial charge in [0.05, 0.1) is 12.2 Å². The lowest BCUT2D eigenvalue weighted by atomic mass is 10.1. The maximum absolute atomic E-state index is 12.3. The van der Waals surface area contributed by atoms with Crippen molar-refractivity contribution in [2.24, 2.45) is 5.92 Å². The Hall–Kier alpha value is -2.44. The number of piperidine rings is 1. The molecule has 0 aromatic heterocycles. The SMILES string of the molecule is CC(C)C(=O)N1CCCC(Oc2ccccc2N2CCN(C(=O)O)CC2)C1. The molecule has 0 aliphatic carbocycles. The third-order valence-corrected chi connectivity index (χ3v) is 5.23. The van der Waals surface area contributed by atoms with Crippen LogP contribution in [0.3, 0.4) is 0 Å². The number of amides is 2. The quantitative estimate of drug-likeness (QED) is 0.875. The van der Waals surface area contributed by atoms with Crippen molar-refractivity contribution in [1.29, 1.82) is 0 Å². The molecule has 1 unspecified atom stereocenters. The van der Waals surface area contributed by atoms with Crippen LogP contribution in [0.15, 0.2) is 24.3 Å². The Labute approximate surface area is 160 Å². The predicted molar refractivity (Wildman–Crippen MR) is 103 cm³/mol. The molecule has 7 heteroatoms. The number of para-hydroxylation sites is 2. The molecule has 2 amide bonds. The minimum atomic E-state index is -0.865. The minimum absolute atomic E-state index is 0.00145. The molecule has 2 aliphatic heterocycles. The van der Waals surface area contributed by atoms with Crippen molar-refractivity contribution in [3.63, 3.8) is 0 Å². The van der Waals surface area contributed by atoms with Crippen LogP contribution < -0.4 is 9.64 Å². The fourth-order valence-corrected chi connectivity index (χ4v) is 3.74. The molecule has 1 aromatic carbocycles. The van der Waals surface area contributed by atoms with Crippen molar-refractivity contribution in [3.8, 4) is 5.75 Å². The summed E-state index contributed by atoms with van der Waals surface area (Å²) in [6.45, 7) is 7.56. The van der Waals surface area contributed by atoms with E-state index in [0.717, 1.165) is 30.8 Å². The van der Waals surface area contributed by atoms with Crippen LogP contribution in [-0.2, 0) is 4.79 Å². The number of hydrogen-bond acceptors (Lipinski definition) is 4. The van der Waals surface area contributed by atoms with Gasteiger partial charge < -0.3 is 24.5 Å². The van der Waals surface area contributed by atoms with E-state index in [4.69, 9.17) is 9.84 Å². The number of piperazine rings is 1. The molecule has 0 spiro atoms.